The Morgan fingerprint density at radius 3 is 1.50 bits per heavy atom. The molecule has 0 saturated heterocycles. The van der Waals surface area contributed by atoms with E-state index in [1.807, 2.05) is 0 Å². The molecule has 0 atom stereocenters. The molecule has 0 aliphatic carbocycles. The first-order chi connectivity index (χ1) is 9.41. The second kappa shape index (κ2) is 6.03. The van der Waals surface area contributed by atoms with Crippen molar-refractivity contribution in [1.82, 2.24) is 0 Å². The zero-order valence-electron chi connectivity index (χ0n) is 13.8. The van der Waals surface area contributed by atoms with Crippen molar-refractivity contribution in [3.63, 3.8) is 0 Å². The molecule has 0 aromatic heterocycles. The lowest BCUT2D eigenvalue weighted by atomic mass is 9.43. The Morgan fingerprint density at radius 1 is 0.700 bits per heavy atom. The summed E-state index contributed by atoms with van der Waals surface area (Å²) >= 11 is 0. The zero-order chi connectivity index (χ0) is 14.9. The number of benzene rings is 1. The Balaban J connectivity index is 2.67. The molecule has 0 N–H and O–H groups in total. The normalized spacial score (nSPS) is 14.3. The lowest BCUT2D eigenvalue weighted by molar-refractivity contribution is 0.812. The molecular formula is C19H27B. The summed E-state index contributed by atoms with van der Waals surface area (Å²) in [5, 5.41) is 0. The van der Waals surface area contributed by atoms with Gasteiger partial charge in [-0.3, -0.25) is 0 Å². The third kappa shape index (κ3) is 2.92. The highest BCUT2D eigenvalue weighted by Crippen LogP contribution is 2.27. The van der Waals surface area contributed by atoms with Crippen molar-refractivity contribution in [3.05, 3.63) is 52.9 Å². The van der Waals surface area contributed by atoms with Crippen LogP contribution in [0.25, 0.3) is 0 Å². The third-order valence-corrected chi connectivity index (χ3v) is 4.26. The molecule has 0 unspecified atom stereocenters. The summed E-state index contributed by atoms with van der Waals surface area (Å²) in [5.41, 5.74) is 6.08. The van der Waals surface area contributed by atoms with Gasteiger partial charge in [-0.25, -0.2) is 0 Å². The molecule has 1 aliphatic rings. The largest absolute Gasteiger partial charge is 0.227 e. The van der Waals surface area contributed by atoms with Gasteiger partial charge < -0.3 is 0 Å². The van der Waals surface area contributed by atoms with Crippen LogP contribution in [0.2, 0.25) is 0 Å². The lowest BCUT2D eigenvalue weighted by Crippen LogP contribution is -2.34. The lowest BCUT2D eigenvalue weighted by Gasteiger charge is -2.24. The van der Waals surface area contributed by atoms with Crippen LogP contribution in [-0.4, -0.2) is 6.71 Å². The molecule has 0 spiro atoms. The molecule has 0 saturated carbocycles. The average Bonchev–Trinajstić information content (AvgIpc) is 2.90. The van der Waals surface area contributed by atoms with Crippen molar-refractivity contribution < 1.29 is 0 Å². The standard InChI is InChI=1S/C19H27B/c1-13(2)16-11-17(14(3)4)19(18(12-16)15(5)6)20-9-7-8-10-20/h7-15H,1-6H3. The van der Waals surface area contributed by atoms with Crippen LogP contribution in [-0.2, 0) is 0 Å². The fourth-order valence-electron chi connectivity index (χ4n) is 3.02. The molecular weight excluding hydrogens is 239 g/mol. The van der Waals surface area contributed by atoms with Gasteiger partial charge in [0, 0.05) is 0 Å². The van der Waals surface area contributed by atoms with Gasteiger partial charge in [0.2, 0.25) is 6.71 Å². The summed E-state index contributed by atoms with van der Waals surface area (Å²) in [4.78, 5) is 0. The molecule has 1 heteroatoms. The molecule has 0 amide bonds. The van der Waals surface area contributed by atoms with Crippen molar-refractivity contribution in [2.45, 2.75) is 59.3 Å². The second-order valence-corrected chi connectivity index (χ2v) is 6.87. The minimum atomic E-state index is 0.464. The number of rotatable bonds is 4. The molecule has 0 nitrogen and oxygen atoms in total. The smallest absolute Gasteiger partial charge is 0.106 e. The van der Waals surface area contributed by atoms with Crippen molar-refractivity contribution in [1.29, 1.82) is 0 Å². The number of allylic oxidation sites excluding steroid dienone is 2. The van der Waals surface area contributed by atoms with E-state index in [0.717, 1.165) is 0 Å². The Hall–Kier alpha value is -1.24. The Morgan fingerprint density at radius 2 is 1.15 bits per heavy atom. The fourth-order valence-corrected chi connectivity index (χ4v) is 3.02. The van der Waals surface area contributed by atoms with E-state index in [0.29, 0.717) is 24.5 Å². The summed E-state index contributed by atoms with van der Waals surface area (Å²) in [5.74, 6) is 6.38. The van der Waals surface area contributed by atoms with E-state index in [-0.39, 0.29) is 0 Å². The summed E-state index contributed by atoms with van der Waals surface area (Å²) in [6.45, 7) is 14.3. The molecule has 1 aliphatic heterocycles. The van der Waals surface area contributed by atoms with E-state index in [1.165, 1.54) is 16.7 Å². The van der Waals surface area contributed by atoms with E-state index in [9.17, 15) is 0 Å². The predicted octanol–water partition coefficient (Wildman–Crippen LogP) is 4.96. The molecule has 1 aromatic carbocycles. The molecule has 20 heavy (non-hydrogen) atoms. The first kappa shape index (κ1) is 15.2. The highest BCUT2D eigenvalue weighted by Gasteiger charge is 2.23. The van der Waals surface area contributed by atoms with Crippen LogP contribution < -0.4 is 5.46 Å². The van der Waals surface area contributed by atoms with Gasteiger partial charge in [-0.2, -0.15) is 0 Å². The average molecular weight is 266 g/mol. The number of hydrogen-bond donors (Lipinski definition) is 0. The van der Waals surface area contributed by atoms with E-state index >= 15 is 0 Å². The van der Waals surface area contributed by atoms with Crippen LogP contribution in [0.15, 0.2) is 36.2 Å². The Kier molecular flexibility index (Phi) is 4.57. The summed E-state index contributed by atoms with van der Waals surface area (Å²) in [6, 6.07) is 4.88. The monoisotopic (exact) mass is 266 g/mol. The van der Waals surface area contributed by atoms with Crippen LogP contribution >= 0.6 is 0 Å². The summed E-state index contributed by atoms with van der Waals surface area (Å²) < 4.78 is 0. The minimum absolute atomic E-state index is 0.464. The zero-order valence-corrected chi connectivity index (χ0v) is 13.8. The predicted molar refractivity (Wildman–Crippen MR) is 92.4 cm³/mol. The van der Waals surface area contributed by atoms with Crippen molar-refractivity contribution >= 4 is 12.2 Å². The molecule has 0 radical (unpaired) electrons. The highest BCUT2D eigenvalue weighted by atomic mass is 14.2. The molecule has 1 heterocycles. The van der Waals surface area contributed by atoms with Gasteiger partial charge in [0.05, 0.1) is 0 Å². The van der Waals surface area contributed by atoms with E-state index < -0.39 is 0 Å². The Labute approximate surface area is 125 Å². The van der Waals surface area contributed by atoms with E-state index in [1.54, 1.807) is 5.46 Å². The summed E-state index contributed by atoms with van der Waals surface area (Å²) in [7, 11) is 0. The van der Waals surface area contributed by atoms with E-state index in [4.69, 9.17) is 0 Å². The SMILES string of the molecule is CC(C)c1cc(C(C)C)c(B2C=CC=C2)c(C(C)C)c1. The van der Waals surface area contributed by atoms with Gasteiger partial charge in [0.25, 0.3) is 0 Å². The van der Waals surface area contributed by atoms with Crippen LogP contribution in [0.5, 0.6) is 0 Å². The van der Waals surface area contributed by atoms with Gasteiger partial charge in [0.15, 0.2) is 0 Å². The first-order valence-corrected chi connectivity index (χ1v) is 7.94. The van der Waals surface area contributed by atoms with Gasteiger partial charge in [-0.1, -0.05) is 71.3 Å². The van der Waals surface area contributed by atoms with Gasteiger partial charge in [-0.15, -0.1) is 12.0 Å². The van der Waals surface area contributed by atoms with E-state index in [2.05, 4.69) is 77.8 Å². The van der Waals surface area contributed by atoms with Crippen molar-refractivity contribution in [2.75, 3.05) is 0 Å². The van der Waals surface area contributed by atoms with Crippen LogP contribution in [0.1, 0.15) is 76.0 Å². The molecule has 0 bridgehead atoms. The molecule has 1 aromatic rings. The third-order valence-electron chi connectivity index (χ3n) is 4.26. The van der Waals surface area contributed by atoms with Gasteiger partial charge in [0.1, 0.15) is 0 Å². The van der Waals surface area contributed by atoms with Gasteiger partial charge >= 0.3 is 0 Å². The topological polar surface area (TPSA) is 0 Å². The maximum Gasteiger partial charge on any atom is 0.227 e. The maximum atomic E-state index is 2.44. The van der Waals surface area contributed by atoms with Gasteiger partial charge in [-0.05, 0) is 34.4 Å². The summed E-state index contributed by atoms with van der Waals surface area (Å²) in [6.07, 6.45) is 4.35. The molecule has 0 fully saturated rings. The first-order valence-electron chi connectivity index (χ1n) is 7.94. The van der Waals surface area contributed by atoms with Crippen LogP contribution in [0, 0.1) is 0 Å². The van der Waals surface area contributed by atoms with Crippen LogP contribution in [0.3, 0.4) is 0 Å². The Bertz CT molecular complexity index is 492. The van der Waals surface area contributed by atoms with Crippen molar-refractivity contribution in [3.8, 4) is 0 Å². The maximum absolute atomic E-state index is 2.44. The van der Waals surface area contributed by atoms with Crippen LogP contribution in [0.4, 0.5) is 0 Å². The minimum Gasteiger partial charge on any atom is -0.106 e. The quantitative estimate of drug-likeness (QED) is 0.675. The van der Waals surface area contributed by atoms with Crippen molar-refractivity contribution in [2.24, 2.45) is 0 Å². The number of hydrogen-bond acceptors (Lipinski definition) is 0. The highest BCUT2D eigenvalue weighted by molar-refractivity contribution is 6.83. The second-order valence-electron chi connectivity index (χ2n) is 6.87. The fraction of sp³-hybridized carbons (Fsp3) is 0.474. The molecule has 106 valence electrons. The molecule has 2 rings (SSSR count).